The molecule has 2 aromatic carbocycles. The summed E-state index contributed by atoms with van der Waals surface area (Å²) in [5.41, 5.74) is 3.68. The lowest BCUT2D eigenvalue weighted by Crippen LogP contribution is -2.29. The summed E-state index contributed by atoms with van der Waals surface area (Å²) in [6.45, 7) is 2.58. The number of aryl methyl sites for hydroxylation is 1. The van der Waals surface area contributed by atoms with Crippen molar-refractivity contribution in [3.05, 3.63) is 57.8 Å². The third-order valence-corrected chi connectivity index (χ3v) is 5.01. The van der Waals surface area contributed by atoms with E-state index in [0.717, 1.165) is 33.3 Å². The molecule has 0 saturated carbocycles. The number of nitrogens with zero attached hydrogens (tertiary/aromatic N) is 1. The molecule has 0 N–H and O–H groups in total. The van der Waals surface area contributed by atoms with Crippen molar-refractivity contribution in [1.82, 2.24) is 0 Å². The summed E-state index contributed by atoms with van der Waals surface area (Å²) in [7, 11) is 1.63. The van der Waals surface area contributed by atoms with Crippen molar-refractivity contribution in [2.45, 2.75) is 13.3 Å². The maximum Gasteiger partial charge on any atom is 0.294 e. The van der Waals surface area contributed by atoms with Crippen LogP contribution < -0.4 is 9.64 Å². The van der Waals surface area contributed by atoms with Crippen LogP contribution in [0.15, 0.2) is 45.3 Å². The van der Waals surface area contributed by atoms with Crippen LogP contribution in [0.3, 0.4) is 0 Å². The van der Waals surface area contributed by atoms with Gasteiger partial charge in [0.25, 0.3) is 5.91 Å². The number of fused-ring (bicyclic) bond motifs is 2. The lowest BCUT2D eigenvalue weighted by molar-refractivity contribution is 0.0964. The molecule has 1 aliphatic rings. The Labute approximate surface area is 148 Å². The highest BCUT2D eigenvalue weighted by Crippen LogP contribution is 2.34. The zero-order valence-electron chi connectivity index (χ0n) is 13.4. The van der Waals surface area contributed by atoms with Gasteiger partial charge in [-0.15, -0.1) is 0 Å². The number of hydrogen-bond acceptors (Lipinski definition) is 3. The summed E-state index contributed by atoms with van der Waals surface area (Å²) in [6, 6.07) is 11.6. The van der Waals surface area contributed by atoms with Gasteiger partial charge in [0.1, 0.15) is 11.3 Å². The SMILES string of the molecule is COc1ccc2oc(C(=O)N3CCc4cc(Br)ccc43)c(C)c2c1. The molecule has 0 spiro atoms. The van der Waals surface area contributed by atoms with Gasteiger partial charge in [0.05, 0.1) is 7.11 Å². The second kappa shape index (κ2) is 5.67. The number of rotatable bonds is 2. The van der Waals surface area contributed by atoms with Gasteiger partial charge in [-0.2, -0.15) is 0 Å². The number of benzene rings is 2. The van der Waals surface area contributed by atoms with E-state index >= 15 is 0 Å². The fourth-order valence-electron chi connectivity index (χ4n) is 3.23. The molecule has 0 fully saturated rings. The molecule has 0 aliphatic carbocycles. The number of amides is 1. The van der Waals surface area contributed by atoms with E-state index in [9.17, 15) is 4.79 Å². The fraction of sp³-hybridized carbons (Fsp3) is 0.211. The molecule has 0 unspecified atom stereocenters. The van der Waals surface area contributed by atoms with Gasteiger partial charge in [-0.25, -0.2) is 0 Å². The van der Waals surface area contributed by atoms with E-state index < -0.39 is 0 Å². The maximum atomic E-state index is 13.0. The summed E-state index contributed by atoms with van der Waals surface area (Å²) in [4.78, 5) is 14.8. The second-order valence-corrected chi connectivity index (χ2v) is 6.81. The predicted molar refractivity (Wildman–Crippen MR) is 97.0 cm³/mol. The van der Waals surface area contributed by atoms with Gasteiger partial charge in [-0.05, 0) is 55.3 Å². The number of carbonyl (C=O) groups excluding carboxylic acids is 1. The van der Waals surface area contributed by atoms with Crippen molar-refractivity contribution in [3.8, 4) is 5.75 Å². The molecule has 0 atom stereocenters. The van der Waals surface area contributed by atoms with Crippen LogP contribution in [0.4, 0.5) is 5.69 Å². The topological polar surface area (TPSA) is 42.7 Å². The van der Waals surface area contributed by atoms with E-state index in [2.05, 4.69) is 22.0 Å². The first-order valence-electron chi connectivity index (χ1n) is 7.76. The third kappa shape index (κ3) is 2.31. The molecule has 24 heavy (non-hydrogen) atoms. The molecule has 0 radical (unpaired) electrons. The van der Waals surface area contributed by atoms with E-state index in [0.29, 0.717) is 17.9 Å². The molecule has 4 rings (SSSR count). The Morgan fingerprint density at radius 1 is 1.25 bits per heavy atom. The van der Waals surface area contributed by atoms with E-state index in [4.69, 9.17) is 9.15 Å². The highest BCUT2D eigenvalue weighted by Gasteiger charge is 2.29. The molecular formula is C19H16BrNO3. The van der Waals surface area contributed by atoms with Crippen LogP contribution in [-0.4, -0.2) is 19.6 Å². The second-order valence-electron chi connectivity index (χ2n) is 5.90. The van der Waals surface area contributed by atoms with Crippen LogP contribution in [0.1, 0.15) is 21.7 Å². The maximum absolute atomic E-state index is 13.0. The molecule has 5 heteroatoms. The van der Waals surface area contributed by atoms with Gasteiger partial charge in [0, 0.05) is 27.7 Å². The van der Waals surface area contributed by atoms with Crippen molar-refractivity contribution in [3.63, 3.8) is 0 Å². The van der Waals surface area contributed by atoms with Gasteiger partial charge >= 0.3 is 0 Å². The average molecular weight is 386 g/mol. The largest absolute Gasteiger partial charge is 0.497 e. The molecule has 4 nitrogen and oxygen atoms in total. The van der Waals surface area contributed by atoms with E-state index in [1.165, 1.54) is 5.56 Å². The first-order valence-corrected chi connectivity index (χ1v) is 8.55. The summed E-state index contributed by atoms with van der Waals surface area (Å²) in [5.74, 6) is 1.06. The molecule has 0 bridgehead atoms. The van der Waals surface area contributed by atoms with E-state index in [1.54, 1.807) is 12.0 Å². The third-order valence-electron chi connectivity index (χ3n) is 4.52. The standard InChI is InChI=1S/C19H16BrNO3/c1-11-15-10-14(23-2)4-6-17(15)24-18(11)19(22)21-8-7-12-9-13(20)3-5-16(12)21/h3-6,9-10H,7-8H2,1-2H3. The number of furan rings is 1. The molecule has 1 amide bonds. The summed E-state index contributed by atoms with van der Waals surface area (Å²) >= 11 is 3.48. The Hall–Kier alpha value is -2.27. The van der Waals surface area contributed by atoms with Crippen molar-refractivity contribution in [2.24, 2.45) is 0 Å². The van der Waals surface area contributed by atoms with Crippen LogP contribution in [0, 0.1) is 6.92 Å². The minimum absolute atomic E-state index is 0.0938. The Morgan fingerprint density at radius 3 is 2.88 bits per heavy atom. The lowest BCUT2D eigenvalue weighted by atomic mass is 10.1. The van der Waals surface area contributed by atoms with Gasteiger partial charge < -0.3 is 14.1 Å². The van der Waals surface area contributed by atoms with Crippen molar-refractivity contribution in [1.29, 1.82) is 0 Å². The molecule has 2 heterocycles. The lowest BCUT2D eigenvalue weighted by Gasteiger charge is -2.16. The fourth-order valence-corrected chi connectivity index (χ4v) is 3.64. The van der Waals surface area contributed by atoms with Crippen LogP contribution in [0.5, 0.6) is 5.75 Å². The van der Waals surface area contributed by atoms with E-state index in [1.807, 2.05) is 37.3 Å². The van der Waals surface area contributed by atoms with Gasteiger partial charge in [0.2, 0.25) is 0 Å². The predicted octanol–water partition coefficient (Wildman–Crippen LogP) is 4.72. The number of carbonyl (C=O) groups is 1. The zero-order valence-corrected chi connectivity index (χ0v) is 15.0. The van der Waals surface area contributed by atoms with Gasteiger partial charge in [-0.3, -0.25) is 4.79 Å². The Morgan fingerprint density at radius 2 is 2.08 bits per heavy atom. The smallest absolute Gasteiger partial charge is 0.294 e. The highest BCUT2D eigenvalue weighted by molar-refractivity contribution is 9.10. The Bertz CT molecular complexity index is 961. The number of ether oxygens (including phenoxy) is 1. The van der Waals surface area contributed by atoms with Crippen molar-refractivity contribution < 1.29 is 13.9 Å². The normalized spacial score (nSPS) is 13.4. The highest BCUT2D eigenvalue weighted by atomic mass is 79.9. The van der Waals surface area contributed by atoms with Crippen molar-refractivity contribution in [2.75, 3.05) is 18.6 Å². The number of anilines is 1. The molecular weight excluding hydrogens is 370 g/mol. The quantitative estimate of drug-likeness (QED) is 0.641. The molecule has 1 aromatic heterocycles. The molecule has 1 aliphatic heterocycles. The average Bonchev–Trinajstić information content (AvgIpc) is 3.15. The number of halogens is 1. The molecule has 3 aromatic rings. The van der Waals surface area contributed by atoms with Gasteiger partial charge in [0.15, 0.2) is 5.76 Å². The van der Waals surface area contributed by atoms with Crippen LogP contribution in [0.2, 0.25) is 0 Å². The minimum Gasteiger partial charge on any atom is -0.497 e. The summed E-state index contributed by atoms with van der Waals surface area (Å²) in [6.07, 6.45) is 0.855. The first kappa shape index (κ1) is 15.3. The Kier molecular flexibility index (Phi) is 3.61. The van der Waals surface area contributed by atoms with E-state index in [-0.39, 0.29) is 5.91 Å². The minimum atomic E-state index is -0.0938. The molecule has 122 valence electrons. The van der Waals surface area contributed by atoms with Crippen LogP contribution in [-0.2, 0) is 6.42 Å². The first-order chi connectivity index (χ1) is 11.6. The number of methoxy groups -OCH3 is 1. The van der Waals surface area contributed by atoms with Gasteiger partial charge in [-0.1, -0.05) is 15.9 Å². The monoisotopic (exact) mass is 385 g/mol. The van der Waals surface area contributed by atoms with Crippen LogP contribution >= 0.6 is 15.9 Å². The molecule has 0 saturated heterocycles. The number of hydrogen-bond donors (Lipinski definition) is 0. The zero-order chi connectivity index (χ0) is 16.8. The summed E-state index contributed by atoms with van der Waals surface area (Å²) in [5, 5.41) is 0.910. The van der Waals surface area contributed by atoms with Crippen LogP contribution in [0.25, 0.3) is 11.0 Å². The van der Waals surface area contributed by atoms with Crippen molar-refractivity contribution >= 4 is 38.5 Å². The summed E-state index contributed by atoms with van der Waals surface area (Å²) < 4.78 is 12.1. The Balaban J connectivity index is 1.76.